The number of fused-ring (bicyclic) bond motifs is 1. The van der Waals surface area contributed by atoms with Crippen molar-refractivity contribution in [2.45, 2.75) is 36.7 Å². The molecule has 11 heteroatoms. The van der Waals surface area contributed by atoms with Gasteiger partial charge in [0, 0.05) is 48.0 Å². The largest absolute Gasteiger partial charge is 0.487 e. The SMILES string of the molecule is Cc1ccc2cccc(OCc3c(CCl)ccc(S(=O)(=O)NCc4cccc(C(=O)NCCN(C)C)c4)c3CCl)c2n1. The number of nitrogens with one attached hydrogen (secondary N) is 2. The number of hydrogen-bond acceptors (Lipinski definition) is 6. The summed E-state index contributed by atoms with van der Waals surface area (Å²) in [7, 11) is -0.125. The van der Waals surface area contributed by atoms with E-state index in [1.165, 1.54) is 6.07 Å². The molecule has 0 aliphatic rings. The van der Waals surface area contributed by atoms with E-state index in [4.69, 9.17) is 27.9 Å². The van der Waals surface area contributed by atoms with Crippen molar-refractivity contribution in [1.82, 2.24) is 19.9 Å². The van der Waals surface area contributed by atoms with E-state index in [0.29, 0.717) is 41.1 Å². The monoisotopic (exact) mass is 628 g/mol. The van der Waals surface area contributed by atoms with E-state index in [1.807, 2.05) is 56.3 Å². The second kappa shape index (κ2) is 14.3. The molecule has 0 radical (unpaired) electrons. The van der Waals surface area contributed by atoms with Gasteiger partial charge in [0.25, 0.3) is 5.91 Å². The quantitative estimate of drug-likeness (QED) is 0.193. The fraction of sp³-hybridized carbons (Fsp3) is 0.290. The number of carbonyl (C=O) groups is 1. The van der Waals surface area contributed by atoms with Gasteiger partial charge >= 0.3 is 0 Å². The second-order valence-electron chi connectivity index (χ2n) is 10.1. The first-order valence-corrected chi connectivity index (χ1v) is 15.9. The summed E-state index contributed by atoms with van der Waals surface area (Å²) in [5.41, 5.74) is 4.43. The lowest BCUT2D eigenvalue weighted by Crippen LogP contribution is -2.31. The van der Waals surface area contributed by atoms with Crippen LogP contribution >= 0.6 is 23.2 Å². The van der Waals surface area contributed by atoms with Crippen LogP contribution in [0.1, 0.15) is 38.3 Å². The molecule has 0 unspecified atom stereocenters. The number of rotatable bonds is 13. The number of nitrogens with zero attached hydrogens (tertiary/aromatic N) is 2. The summed E-state index contributed by atoms with van der Waals surface area (Å²) in [6, 6.07) is 19.6. The predicted octanol–water partition coefficient (Wildman–Crippen LogP) is 5.37. The zero-order chi connectivity index (χ0) is 30.3. The third kappa shape index (κ3) is 7.79. The number of amides is 1. The number of benzene rings is 3. The van der Waals surface area contributed by atoms with Gasteiger partial charge in [0.2, 0.25) is 10.0 Å². The highest BCUT2D eigenvalue weighted by Gasteiger charge is 2.23. The first kappa shape index (κ1) is 31.7. The number of ether oxygens (including phenoxy) is 1. The van der Waals surface area contributed by atoms with Crippen LogP contribution in [0, 0.1) is 6.92 Å². The minimum Gasteiger partial charge on any atom is -0.487 e. The Morgan fingerprint density at radius 3 is 2.50 bits per heavy atom. The Hall–Kier alpha value is -3.21. The molecular weight excluding hydrogens is 595 g/mol. The van der Waals surface area contributed by atoms with Crippen LogP contribution in [-0.2, 0) is 34.9 Å². The van der Waals surface area contributed by atoms with Crippen LogP contribution in [0.4, 0.5) is 0 Å². The van der Waals surface area contributed by atoms with Crippen molar-refractivity contribution in [2.75, 3.05) is 27.2 Å². The van der Waals surface area contributed by atoms with E-state index in [1.54, 1.807) is 30.3 Å². The van der Waals surface area contributed by atoms with Crippen molar-refractivity contribution >= 4 is 50.0 Å². The molecule has 1 amide bonds. The second-order valence-corrected chi connectivity index (χ2v) is 12.4. The van der Waals surface area contributed by atoms with Gasteiger partial charge in [-0.25, -0.2) is 18.1 Å². The van der Waals surface area contributed by atoms with E-state index >= 15 is 0 Å². The summed E-state index contributed by atoms with van der Waals surface area (Å²) in [6.45, 7) is 3.18. The molecule has 222 valence electrons. The van der Waals surface area contributed by atoms with Gasteiger partial charge in [-0.3, -0.25) is 4.79 Å². The van der Waals surface area contributed by atoms with Gasteiger partial charge in [-0.05, 0) is 73.6 Å². The molecule has 42 heavy (non-hydrogen) atoms. The normalized spacial score (nSPS) is 11.7. The number of pyridine rings is 1. The first-order valence-electron chi connectivity index (χ1n) is 13.4. The fourth-order valence-corrected chi connectivity index (χ4v) is 6.39. The van der Waals surface area contributed by atoms with Crippen molar-refractivity contribution in [3.63, 3.8) is 0 Å². The number of sulfonamides is 1. The van der Waals surface area contributed by atoms with Gasteiger partial charge < -0.3 is 15.0 Å². The Morgan fingerprint density at radius 2 is 1.76 bits per heavy atom. The molecule has 8 nitrogen and oxygen atoms in total. The van der Waals surface area contributed by atoms with Crippen LogP contribution in [0.25, 0.3) is 10.9 Å². The Labute approximate surface area is 257 Å². The molecule has 0 saturated carbocycles. The summed E-state index contributed by atoms with van der Waals surface area (Å²) in [5, 5.41) is 3.80. The lowest BCUT2D eigenvalue weighted by Gasteiger charge is -2.18. The number of likely N-dealkylation sites (N-methyl/N-ethyl adjacent to an activating group) is 1. The molecule has 0 spiro atoms. The fourth-order valence-electron chi connectivity index (χ4n) is 4.48. The third-order valence-electron chi connectivity index (χ3n) is 6.75. The zero-order valence-corrected chi connectivity index (χ0v) is 26.1. The number of halogens is 2. The maximum absolute atomic E-state index is 13.5. The van der Waals surface area contributed by atoms with E-state index in [-0.39, 0.29) is 35.7 Å². The highest BCUT2D eigenvalue weighted by atomic mass is 35.5. The third-order valence-corrected chi connectivity index (χ3v) is 8.79. The minimum absolute atomic E-state index is 0.00695. The summed E-state index contributed by atoms with van der Waals surface area (Å²) >= 11 is 12.6. The van der Waals surface area contributed by atoms with Crippen molar-refractivity contribution in [1.29, 1.82) is 0 Å². The average Bonchev–Trinajstić information content (AvgIpc) is 2.98. The van der Waals surface area contributed by atoms with Gasteiger partial charge in [0.1, 0.15) is 17.9 Å². The van der Waals surface area contributed by atoms with E-state index in [0.717, 1.165) is 22.2 Å². The van der Waals surface area contributed by atoms with Crippen molar-refractivity contribution < 1.29 is 17.9 Å². The Morgan fingerprint density at radius 1 is 0.976 bits per heavy atom. The topological polar surface area (TPSA) is 101 Å². The molecular formula is C31H34Cl2N4O4S. The number of aromatic nitrogens is 1. The Kier molecular flexibility index (Phi) is 10.8. The van der Waals surface area contributed by atoms with E-state index in [9.17, 15) is 13.2 Å². The average molecular weight is 630 g/mol. The summed E-state index contributed by atoms with van der Waals surface area (Å²) in [5.74, 6) is 0.458. The zero-order valence-electron chi connectivity index (χ0n) is 23.8. The lowest BCUT2D eigenvalue weighted by atomic mass is 10.0. The van der Waals surface area contributed by atoms with E-state index in [2.05, 4.69) is 15.0 Å². The molecule has 1 heterocycles. The van der Waals surface area contributed by atoms with Crippen LogP contribution in [0.3, 0.4) is 0 Å². The highest BCUT2D eigenvalue weighted by molar-refractivity contribution is 7.89. The van der Waals surface area contributed by atoms with Crippen LogP contribution in [-0.4, -0.2) is 51.4 Å². The van der Waals surface area contributed by atoms with Crippen molar-refractivity contribution in [2.24, 2.45) is 0 Å². The molecule has 0 aliphatic heterocycles. The maximum Gasteiger partial charge on any atom is 0.251 e. The molecule has 0 saturated heterocycles. The van der Waals surface area contributed by atoms with Gasteiger partial charge in [-0.2, -0.15) is 0 Å². The summed E-state index contributed by atoms with van der Waals surface area (Å²) in [6.07, 6.45) is 0. The number of carbonyl (C=O) groups excluding carboxylic acids is 1. The number of para-hydroxylation sites is 1. The van der Waals surface area contributed by atoms with Crippen LogP contribution in [0.2, 0.25) is 0 Å². The smallest absolute Gasteiger partial charge is 0.251 e. The summed E-state index contributed by atoms with van der Waals surface area (Å²) < 4.78 is 35.9. The van der Waals surface area contributed by atoms with Gasteiger partial charge in [0.05, 0.1) is 4.90 Å². The molecule has 0 atom stereocenters. The van der Waals surface area contributed by atoms with Crippen LogP contribution < -0.4 is 14.8 Å². The Bertz CT molecular complexity index is 1680. The number of alkyl halides is 2. The highest BCUT2D eigenvalue weighted by Crippen LogP contribution is 2.30. The first-order chi connectivity index (χ1) is 20.1. The maximum atomic E-state index is 13.5. The van der Waals surface area contributed by atoms with Crippen LogP contribution in [0.5, 0.6) is 5.75 Å². The summed E-state index contributed by atoms with van der Waals surface area (Å²) in [4.78, 5) is 19.2. The standard InChI is InChI=1S/C31H34Cl2N4O4S/c1-21-10-11-23-7-5-9-28(30(23)36-21)41-20-27-25(17-32)12-13-29(26(27)18-33)42(39,40)35-19-22-6-4-8-24(16-22)31(38)34-14-15-37(2)3/h4-13,16,35H,14-15,17-20H2,1-3H3,(H,34,38). The van der Waals surface area contributed by atoms with Gasteiger partial charge in [0.15, 0.2) is 0 Å². The molecule has 3 aromatic carbocycles. The van der Waals surface area contributed by atoms with Gasteiger partial charge in [-0.1, -0.05) is 36.4 Å². The molecule has 4 rings (SSSR count). The molecule has 0 aliphatic carbocycles. The molecule has 2 N–H and O–H groups in total. The van der Waals surface area contributed by atoms with E-state index < -0.39 is 10.0 Å². The number of hydrogen-bond donors (Lipinski definition) is 2. The van der Waals surface area contributed by atoms with Crippen molar-refractivity contribution in [3.8, 4) is 5.75 Å². The van der Waals surface area contributed by atoms with Gasteiger partial charge in [-0.15, -0.1) is 23.2 Å². The molecule has 0 bridgehead atoms. The van der Waals surface area contributed by atoms with Crippen LogP contribution in [0.15, 0.2) is 71.6 Å². The lowest BCUT2D eigenvalue weighted by molar-refractivity contribution is 0.0951. The minimum atomic E-state index is -3.98. The predicted molar refractivity (Wildman–Crippen MR) is 168 cm³/mol. The Balaban J connectivity index is 1.55. The number of aryl methyl sites for hydroxylation is 1. The van der Waals surface area contributed by atoms with Crippen molar-refractivity contribution in [3.05, 3.63) is 100 Å². The molecule has 1 aromatic heterocycles. The molecule has 4 aromatic rings. The molecule has 0 fully saturated rings.